The Labute approximate surface area is 92.3 Å². The summed E-state index contributed by atoms with van der Waals surface area (Å²) < 4.78 is 1.36. The summed E-state index contributed by atoms with van der Waals surface area (Å²) in [5.41, 5.74) is 8.44. The third-order valence-electron chi connectivity index (χ3n) is 2.28. The van der Waals surface area contributed by atoms with Gasteiger partial charge in [0, 0.05) is 22.4 Å². The zero-order valence-corrected chi connectivity index (χ0v) is 9.75. The molecule has 0 unspecified atom stereocenters. The molecule has 0 amide bonds. The predicted molar refractivity (Wildman–Crippen MR) is 66.9 cm³/mol. The van der Waals surface area contributed by atoms with E-state index in [1.807, 2.05) is 23.1 Å². The molecule has 0 saturated heterocycles. The Hall–Kier alpha value is -0.510. The first-order chi connectivity index (χ1) is 6.86. The molecule has 0 bridgehead atoms. The van der Waals surface area contributed by atoms with Gasteiger partial charge >= 0.3 is 0 Å². The molecule has 0 radical (unpaired) electrons. The molecule has 0 aliphatic rings. The molecule has 74 valence electrons. The van der Waals surface area contributed by atoms with Gasteiger partial charge in [-0.15, -0.1) is 11.3 Å². The Morgan fingerprint density at radius 1 is 1.36 bits per heavy atom. The van der Waals surface area contributed by atoms with Crippen molar-refractivity contribution < 1.29 is 0 Å². The van der Waals surface area contributed by atoms with E-state index in [1.54, 1.807) is 0 Å². The summed E-state index contributed by atoms with van der Waals surface area (Å²) in [6.07, 6.45) is 2.13. The lowest BCUT2D eigenvalue weighted by molar-refractivity contribution is 1.09. The van der Waals surface area contributed by atoms with Gasteiger partial charge in [-0.05, 0) is 28.8 Å². The summed E-state index contributed by atoms with van der Waals surface area (Å²) in [6, 6.07) is 6.38. The van der Waals surface area contributed by atoms with Crippen molar-refractivity contribution in [1.82, 2.24) is 0 Å². The van der Waals surface area contributed by atoms with Crippen LogP contribution in [-0.4, -0.2) is 6.26 Å². The summed E-state index contributed by atoms with van der Waals surface area (Å²) in [6.45, 7) is 0.634. The maximum absolute atomic E-state index is 5.74. The normalized spacial score (nSPS) is 11.0. The molecular formula is C11H13NS2. The number of rotatable bonds is 3. The van der Waals surface area contributed by atoms with E-state index in [0.29, 0.717) is 6.54 Å². The van der Waals surface area contributed by atoms with E-state index in [2.05, 4.69) is 29.8 Å². The van der Waals surface area contributed by atoms with Gasteiger partial charge < -0.3 is 5.73 Å². The van der Waals surface area contributed by atoms with Crippen LogP contribution in [0, 0.1) is 0 Å². The second-order valence-electron chi connectivity index (χ2n) is 3.19. The van der Waals surface area contributed by atoms with Gasteiger partial charge in [0.25, 0.3) is 0 Å². The van der Waals surface area contributed by atoms with E-state index >= 15 is 0 Å². The van der Waals surface area contributed by atoms with Crippen LogP contribution in [0.1, 0.15) is 11.1 Å². The van der Waals surface area contributed by atoms with E-state index in [9.17, 15) is 0 Å². The van der Waals surface area contributed by atoms with E-state index in [0.717, 1.165) is 5.75 Å². The Bertz CT molecular complexity index is 434. The van der Waals surface area contributed by atoms with Crippen molar-refractivity contribution >= 4 is 33.2 Å². The number of thioether (sulfide) groups is 1. The van der Waals surface area contributed by atoms with Crippen molar-refractivity contribution in [3.63, 3.8) is 0 Å². The second kappa shape index (κ2) is 4.34. The van der Waals surface area contributed by atoms with Crippen molar-refractivity contribution in [2.75, 3.05) is 6.26 Å². The molecule has 0 saturated carbocycles. The van der Waals surface area contributed by atoms with Gasteiger partial charge in [-0.2, -0.15) is 11.8 Å². The van der Waals surface area contributed by atoms with Gasteiger partial charge in [0.05, 0.1) is 0 Å². The first-order valence-electron chi connectivity index (χ1n) is 4.53. The van der Waals surface area contributed by atoms with E-state index < -0.39 is 0 Å². The quantitative estimate of drug-likeness (QED) is 0.864. The third-order valence-corrected chi connectivity index (χ3v) is 3.88. The van der Waals surface area contributed by atoms with Crippen molar-refractivity contribution in [3.8, 4) is 0 Å². The molecule has 2 N–H and O–H groups in total. The molecule has 0 spiro atoms. The molecule has 1 aromatic carbocycles. The lowest BCUT2D eigenvalue weighted by Gasteiger charge is -2.02. The van der Waals surface area contributed by atoms with Crippen LogP contribution >= 0.6 is 23.1 Å². The highest BCUT2D eigenvalue weighted by Gasteiger charge is 2.06. The molecule has 0 fully saturated rings. The van der Waals surface area contributed by atoms with Gasteiger partial charge in [0.1, 0.15) is 0 Å². The lowest BCUT2D eigenvalue weighted by Crippen LogP contribution is -1.97. The zero-order valence-electron chi connectivity index (χ0n) is 8.12. The molecule has 0 aliphatic heterocycles. The number of hydrogen-bond acceptors (Lipinski definition) is 3. The van der Waals surface area contributed by atoms with Crippen LogP contribution < -0.4 is 5.73 Å². The molecule has 3 heteroatoms. The van der Waals surface area contributed by atoms with Crippen LogP contribution in [0.5, 0.6) is 0 Å². The van der Waals surface area contributed by atoms with Crippen LogP contribution in [0.15, 0.2) is 23.6 Å². The standard InChI is InChI=1S/C11H13NS2/c1-13-6-9-7-14-10-4-2-3-8(5-12)11(9)10/h2-4,7H,5-6,12H2,1H3. The van der Waals surface area contributed by atoms with Crippen LogP contribution in [0.25, 0.3) is 10.1 Å². The molecular weight excluding hydrogens is 210 g/mol. The number of hydrogen-bond donors (Lipinski definition) is 1. The van der Waals surface area contributed by atoms with E-state index in [4.69, 9.17) is 5.73 Å². The minimum absolute atomic E-state index is 0.634. The SMILES string of the molecule is CSCc1csc2cccc(CN)c12. The summed E-state index contributed by atoms with van der Waals surface area (Å²) in [5.74, 6) is 1.08. The Kier molecular flexibility index (Phi) is 3.11. The molecule has 2 rings (SSSR count). The molecule has 0 aliphatic carbocycles. The minimum Gasteiger partial charge on any atom is -0.326 e. The minimum atomic E-state index is 0.634. The Morgan fingerprint density at radius 2 is 2.21 bits per heavy atom. The smallest absolute Gasteiger partial charge is 0.0349 e. The Balaban J connectivity index is 2.62. The number of fused-ring (bicyclic) bond motifs is 1. The van der Waals surface area contributed by atoms with Crippen molar-refractivity contribution in [1.29, 1.82) is 0 Å². The summed E-state index contributed by atoms with van der Waals surface area (Å²) in [7, 11) is 0. The van der Waals surface area contributed by atoms with Crippen LogP contribution in [-0.2, 0) is 12.3 Å². The van der Waals surface area contributed by atoms with Crippen LogP contribution in [0.2, 0.25) is 0 Å². The molecule has 0 atom stereocenters. The average molecular weight is 223 g/mol. The number of nitrogens with two attached hydrogens (primary N) is 1. The highest BCUT2D eigenvalue weighted by atomic mass is 32.2. The zero-order chi connectivity index (χ0) is 9.97. The molecule has 14 heavy (non-hydrogen) atoms. The molecule has 1 heterocycles. The van der Waals surface area contributed by atoms with Gasteiger partial charge in [-0.3, -0.25) is 0 Å². The maximum atomic E-state index is 5.74. The number of thiophene rings is 1. The van der Waals surface area contributed by atoms with Crippen LogP contribution in [0.3, 0.4) is 0 Å². The topological polar surface area (TPSA) is 26.0 Å². The van der Waals surface area contributed by atoms with E-state index in [-0.39, 0.29) is 0 Å². The first kappa shape index (κ1) is 10.0. The third kappa shape index (κ3) is 1.67. The highest BCUT2D eigenvalue weighted by molar-refractivity contribution is 7.97. The number of benzene rings is 1. The largest absolute Gasteiger partial charge is 0.326 e. The predicted octanol–water partition coefficient (Wildman–Crippen LogP) is 3.22. The van der Waals surface area contributed by atoms with Gasteiger partial charge in [0.2, 0.25) is 0 Å². The fraction of sp³-hybridized carbons (Fsp3) is 0.273. The van der Waals surface area contributed by atoms with Gasteiger partial charge in [-0.1, -0.05) is 12.1 Å². The maximum Gasteiger partial charge on any atom is 0.0349 e. The van der Waals surface area contributed by atoms with Gasteiger partial charge in [-0.25, -0.2) is 0 Å². The Morgan fingerprint density at radius 3 is 2.93 bits per heavy atom. The van der Waals surface area contributed by atoms with Crippen molar-refractivity contribution in [2.45, 2.75) is 12.3 Å². The summed E-state index contributed by atoms with van der Waals surface area (Å²) >= 11 is 3.67. The molecule has 2 aromatic rings. The summed E-state index contributed by atoms with van der Waals surface area (Å²) in [5, 5.41) is 3.63. The van der Waals surface area contributed by atoms with Crippen LogP contribution in [0.4, 0.5) is 0 Å². The second-order valence-corrected chi connectivity index (χ2v) is 4.97. The van der Waals surface area contributed by atoms with Crippen molar-refractivity contribution in [3.05, 3.63) is 34.7 Å². The highest BCUT2D eigenvalue weighted by Crippen LogP contribution is 2.30. The fourth-order valence-electron chi connectivity index (χ4n) is 1.66. The molecule has 1 aromatic heterocycles. The van der Waals surface area contributed by atoms with E-state index in [1.165, 1.54) is 21.2 Å². The lowest BCUT2D eigenvalue weighted by atomic mass is 10.1. The van der Waals surface area contributed by atoms with Gasteiger partial charge in [0.15, 0.2) is 0 Å². The summed E-state index contributed by atoms with van der Waals surface area (Å²) in [4.78, 5) is 0. The average Bonchev–Trinajstić information content (AvgIpc) is 2.62. The monoisotopic (exact) mass is 223 g/mol. The first-order valence-corrected chi connectivity index (χ1v) is 6.81. The van der Waals surface area contributed by atoms with Crippen molar-refractivity contribution in [2.24, 2.45) is 5.73 Å². The fourth-order valence-corrected chi connectivity index (χ4v) is 3.32. The molecule has 1 nitrogen and oxygen atoms in total.